The number of aliphatic hydroxyl groups is 1. The Kier molecular flexibility index (Phi) is 2.69. The van der Waals surface area contributed by atoms with Crippen molar-refractivity contribution in [2.24, 2.45) is 11.1 Å². The second-order valence-electron chi connectivity index (χ2n) is 3.54. The number of carbonyl (C=O) groups excluding carboxylic acids is 1. The van der Waals surface area contributed by atoms with E-state index in [1.807, 2.05) is 0 Å². The van der Waals surface area contributed by atoms with Gasteiger partial charge < -0.3 is 16.2 Å². The molecular formula is C8H16N2O2. The van der Waals surface area contributed by atoms with Crippen LogP contribution in [0.4, 0.5) is 0 Å². The van der Waals surface area contributed by atoms with Gasteiger partial charge in [-0.1, -0.05) is 0 Å². The summed E-state index contributed by atoms with van der Waals surface area (Å²) >= 11 is 0. The van der Waals surface area contributed by atoms with Crippen LogP contribution >= 0.6 is 0 Å². The van der Waals surface area contributed by atoms with Crippen LogP contribution in [0.15, 0.2) is 0 Å². The van der Waals surface area contributed by atoms with Crippen LogP contribution in [0.5, 0.6) is 0 Å². The highest BCUT2D eigenvalue weighted by Gasteiger charge is 2.48. The van der Waals surface area contributed by atoms with Gasteiger partial charge in [-0.15, -0.1) is 0 Å². The van der Waals surface area contributed by atoms with E-state index in [1.165, 1.54) is 0 Å². The molecule has 1 fully saturated rings. The van der Waals surface area contributed by atoms with Crippen molar-refractivity contribution in [2.75, 3.05) is 13.2 Å². The molecule has 4 nitrogen and oxygen atoms in total. The Morgan fingerprint density at radius 1 is 1.75 bits per heavy atom. The Morgan fingerprint density at radius 2 is 2.33 bits per heavy atom. The summed E-state index contributed by atoms with van der Waals surface area (Å²) in [5.74, 6) is -0.00782. The minimum Gasteiger partial charge on any atom is -0.394 e. The topological polar surface area (TPSA) is 75.3 Å². The molecule has 0 aromatic carbocycles. The molecule has 12 heavy (non-hydrogen) atoms. The molecule has 1 aliphatic rings. The maximum atomic E-state index is 11.4. The smallest absolute Gasteiger partial charge is 0.227 e. The average molecular weight is 172 g/mol. The molecule has 0 aliphatic heterocycles. The fraction of sp³-hybridized carbons (Fsp3) is 0.875. The largest absolute Gasteiger partial charge is 0.394 e. The number of aliphatic hydroxyl groups excluding tert-OH is 1. The normalized spacial score (nSPS) is 21.6. The molecule has 70 valence electrons. The third kappa shape index (κ3) is 1.76. The predicted molar refractivity (Wildman–Crippen MR) is 45.4 cm³/mol. The minimum atomic E-state index is -0.302. The van der Waals surface area contributed by atoms with Gasteiger partial charge in [0.15, 0.2) is 0 Å². The van der Waals surface area contributed by atoms with E-state index in [2.05, 4.69) is 5.32 Å². The van der Waals surface area contributed by atoms with E-state index in [-0.39, 0.29) is 24.0 Å². The van der Waals surface area contributed by atoms with Gasteiger partial charge in [-0.05, 0) is 19.8 Å². The molecule has 0 aromatic rings. The van der Waals surface area contributed by atoms with Gasteiger partial charge in [0.25, 0.3) is 0 Å². The van der Waals surface area contributed by atoms with Crippen molar-refractivity contribution in [3.05, 3.63) is 0 Å². The number of hydrogen-bond donors (Lipinski definition) is 3. The summed E-state index contributed by atoms with van der Waals surface area (Å²) in [5.41, 5.74) is 5.16. The van der Waals surface area contributed by atoms with Crippen LogP contribution in [0, 0.1) is 5.41 Å². The molecule has 0 unspecified atom stereocenters. The van der Waals surface area contributed by atoms with Crippen LogP contribution in [0.2, 0.25) is 0 Å². The monoisotopic (exact) mass is 172 g/mol. The van der Waals surface area contributed by atoms with Gasteiger partial charge in [0.2, 0.25) is 5.91 Å². The van der Waals surface area contributed by atoms with Gasteiger partial charge in [-0.25, -0.2) is 0 Å². The maximum absolute atomic E-state index is 11.4. The van der Waals surface area contributed by atoms with E-state index in [4.69, 9.17) is 10.8 Å². The Labute approximate surface area is 72.1 Å². The molecule has 0 radical (unpaired) electrons. The number of amides is 1. The van der Waals surface area contributed by atoms with Crippen LogP contribution in [0.25, 0.3) is 0 Å². The maximum Gasteiger partial charge on any atom is 0.227 e. The second kappa shape index (κ2) is 3.41. The van der Waals surface area contributed by atoms with Crippen molar-refractivity contribution in [3.63, 3.8) is 0 Å². The first-order chi connectivity index (χ1) is 5.64. The summed E-state index contributed by atoms with van der Waals surface area (Å²) in [7, 11) is 0. The van der Waals surface area contributed by atoms with Crippen molar-refractivity contribution < 1.29 is 9.90 Å². The van der Waals surface area contributed by atoms with E-state index >= 15 is 0 Å². The molecule has 1 atom stereocenters. The highest BCUT2D eigenvalue weighted by Crippen LogP contribution is 2.44. The van der Waals surface area contributed by atoms with Crippen molar-refractivity contribution in [3.8, 4) is 0 Å². The van der Waals surface area contributed by atoms with Gasteiger partial charge in [-0.2, -0.15) is 0 Å². The Bertz CT molecular complexity index is 178. The van der Waals surface area contributed by atoms with Crippen molar-refractivity contribution in [1.82, 2.24) is 5.32 Å². The zero-order chi connectivity index (χ0) is 9.19. The zero-order valence-corrected chi connectivity index (χ0v) is 7.34. The lowest BCUT2D eigenvalue weighted by Gasteiger charge is -2.16. The van der Waals surface area contributed by atoms with E-state index in [1.54, 1.807) is 6.92 Å². The van der Waals surface area contributed by atoms with Crippen LogP contribution in [-0.2, 0) is 4.79 Å². The molecular weight excluding hydrogens is 156 g/mol. The van der Waals surface area contributed by atoms with E-state index in [0.717, 1.165) is 12.8 Å². The molecule has 1 rings (SSSR count). The van der Waals surface area contributed by atoms with Crippen LogP contribution in [0.3, 0.4) is 0 Å². The summed E-state index contributed by atoms with van der Waals surface area (Å²) in [6.45, 7) is 2.16. The fourth-order valence-corrected chi connectivity index (χ4v) is 1.10. The first-order valence-corrected chi connectivity index (χ1v) is 4.26. The molecule has 1 amide bonds. The molecule has 0 spiro atoms. The fourth-order valence-electron chi connectivity index (χ4n) is 1.10. The molecule has 0 saturated heterocycles. The van der Waals surface area contributed by atoms with Crippen molar-refractivity contribution in [2.45, 2.75) is 25.8 Å². The molecule has 0 bridgehead atoms. The first kappa shape index (κ1) is 9.48. The minimum absolute atomic E-state index is 0.00782. The lowest BCUT2D eigenvalue weighted by atomic mass is 10.1. The van der Waals surface area contributed by atoms with Crippen molar-refractivity contribution >= 4 is 5.91 Å². The van der Waals surface area contributed by atoms with E-state index < -0.39 is 0 Å². The molecule has 4 N–H and O–H groups in total. The number of hydrogen-bond acceptors (Lipinski definition) is 3. The van der Waals surface area contributed by atoms with Gasteiger partial charge in [0.05, 0.1) is 12.0 Å². The molecule has 0 heterocycles. The van der Waals surface area contributed by atoms with Gasteiger partial charge in [-0.3, -0.25) is 4.79 Å². The van der Waals surface area contributed by atoms with Gasteiger partial charge in [0.1, 0.15) is 0 Å². The Hall–Kier alpha value is -0.610. The third-order valence-corrected chi connectivity index (χ3v) is 2.38. The summed E-state index contributed by atoms with van der Waals surface area (Å²) in [5, 5.41) is 11.4. The van der Waals surface area contributed by atoms with Gasteiger partial charge >= 0.3 is 0 Å². The van der Waals surface area contributed by atoms with Crippen molar-refractivity contribution in [1.29, 1.82) is 0 Å². The van der Waals surface area contributed by atoms with E-state index in [0.29, 0.717) is 6.54 Å². The van der Waals surface area contributed by atoms with Gasteiger partial charge in [0, 0.05) is 12.6 Å². The number of nitrogens with one attached hydrogen (secondary N) is 1. The second-order valence-corrected chi connectivity index (χ2v) is 3.54. The molecule has 1 saturated carbocycles. The lowest BCUT2D eigenvalue weighted by Crippen LogP contribution is -2.42. The number of rotatable bonds is 4. The summed E-state index contributed by atoms with van der Waals surface area (Å²) in [6, 6.07) is -0.165. The third-order valence-electron chi connectivity index (χ3n) is 2.38. The summed E-state index contributed by atoms with van der Waals surface area (Å²) in [6.07, 6.45) is 1.76. The first-order valence-electron chi connectivity index (χ1n) is 4.26. The SMILES string of the molecule is C[C@@H](CO)NC(=O)C1(CN)CC1. The highest BCUT2D eigenvalue weighted by molar-refractivity contribution is 5.85. The standard InChI is InChI=1S/C8H16N2O2/c1-6(4-11)10-7(12)8(5-9)2-3-8/h6,11H,2-5,9H2,1H3,(H,10,12)/t6-/m0/s1. The summed E-state index contributed by atoms with van der Waals surface area (Å²) in [4.78, 5) is 11.4. The van der Waals surface area contributed by atoms with E-state index in [9.17, 15) is 4.79 Å². The zero-order valence-electron chi connectivity index (χ0n) is 7.34. The molecule has 0 aromatic heterocycles. The van der Waals surface area contributed by atoms with Crippen LogP contribution in [0.1, 0.15) is 19.8 Å². The Morgan fingerprint density at radius 3 is 2.67 bits per heavy atom. The molecule has 1 aliphatic carbocycles. The quantitative estimate of drug-likeness (QED) is 0.521. The number of carbonyl (C=O) groups is 1. The highest BCUT2D eigenvalue weighted by atomic mass is 16.3. The Balaban J connectivity index is 2.38. The number of nitrogens with two attached hydrogens (primary N) is 1. The van der Waals surface area contributed by atoms with Crippen LogP contribution < -0.4 is 11.1 Å². The lowest BCUT2D eigenvalue weighted by molar-refractivity contribution is -0.126. The summed E-state index contributed by atoms with van der Waals surface area (Å²) < 4.78 is 0. The predicted octanol–water partition coefficient (Wildman–Crippen LogP) is -0.778. The molecule has 4 heteroatoms. The average Bonchev–Trinajstić information content (AvgIpc) is 2.84. The van der Waals surface area contributed by atoms with Crippen LogP contribution in [-0.4, -0.2) is 30.2 Å².